The minimum Gasteiger partial charge on any atom is -0.309 e. The van der Waals surface area contributed by atoms with Gasteiger partial charge < -0.3 is 5.41 Å². The molecule has 0 aromatic carbocycles. The lowest BCUT2D eigenvalue weighted by atomic mass is 9.87. The molecule has 1 N–H and O–H groups in total. The molecule has 0 aliphatic carbocycles. The molecule has 2 atom stereocenters. The zero-order valence-corrected chi connectivity index (χ0v) is 9.15. The van der Waals surface area contributed by atoms with E-state index in [0.29, 0.717) is 17.8 Å². The van der Waals surface area contributed by atoms with Crippen LogP contribution in [-0.2, 0) is 0 Å². The Bertz CT molecular complexity index is 138. The smallest absolute Gasteiger partial charge is 0.0122 e. The highest BCUT2D eigenvalue weighted by atomic mass is 14.4. The van der Waals surface area contributed by atoms with Crippen molar-refractivity contribution < 1.29 is 0 Å². The number of hydrogen-bond donors (Lipinski definition) is 1. The zero-order valence-electron chi connectivity index (χ0n) is 9.15. The molecular formula is C11H23N. The van der Waals surface area contributed by atoms with Crippen molar-refractivity contribution in [2.24, 2.45) is 17.8 Å². The molecule has 0 rings (SSSR count). The summed E-state index contributed by atoms with van der Waals surface area (Å²) in [7, 11) is 0. The van der Waals surface area contributed by atoms with E-state index in [1.807, 2.05) is 0 Å². The third-order valence-corrected chi connectivity index (χ3v) is 2.81. The largest absolute Gasteiger partial charge is 0.309 e. The Morgan fingerprint density at radius 3 is 2.00 bits per heavy atom. The van der Waals surface area contributed by atoms with Gasteiger partial charge in [0.25, 0.3) is 0 Å². The maximum atomic E-state index is 7.86. The van der Waals surface area contributed by atoms with E-state index in [-0.39, 0.29) is 0 Å². The summed E-state index contributed by atoms with van der Waals surface area (Å²) in [6.07, 6.45) is 2.17. The molecule has 1 heteroatoms. The van der Waals surface area contributed by atoms with Crippen molar-refractivity contribution in [2.45, 2.75) is 47.5 Å². The van der Waals surface area contributed by atoms with E-state index >= 15 is 0 Å². The lowest BCUT2D eigenvalue weighted by Gasteiger charge is -2.19. The monoisotopic (exact) mass is 169 g/mol. The van der Waals surface area contributed by atoms with Crippen molar-refractivity contribution in [3.63, 3.8) is 0 Å². The normalized spacial score (nSPS) is 16.2. The molecule has 0 aromatic rings. The quantitative estimate of drug-likeness (QED) is 0.606. The molecule has 12 heavy (non-hydrogen) atoms. The summed E-state index contributed by atoms with van der Waals surface area (Å²) in [5.41, 5.74) is 0.930. The first kappa shape index (κ1) is 11.7. The second-order valence-electron chi connectivity index (χ2n) is 4.28. The van der Waals surface area contributed by atoms with Crippen molar-refractivity contribution in [1.82, 2.24) is 0 Å². The first-order valence-electron chi connectivity index (χ1n) is 5.06. The van der Waals surface area contributed by atoms with Gasteiger partial charge in [0.05, 0.1) is 0 Å². The van der Waals surface area contributed by atoms with Gasteiger partial charge in [-0.25, -0.2) is 0 Å². The maximum absolute atomic E-state index is 7.86. The van der Waals surface area contributed by atoms with Crippen molar-refractivity contribution in [3.05, 3.63) is 0 Å². The van der Waals surface area contributed by atoms with Crippen LogP contribution in [0.1, 0.15) is 47.5 Å². The average Bonchev–Trinajstić information content (AvgIpc) is 2.02. The van der Waals surface area contributed by atoms with Crippen LogP contribution in [-0.4, -0.2) is 5.71 Å². The molecule has 0 heterocycles. The minimum atomic E-state index is 0.457. The van der Waals surface area contributed by atoms with Crippen molar-refractivity contribution >= 4 is 5.71 Å². The molecular weight excluding hydrogens is 146 g/mol. The van der Waals surface area contributed by atoms with Crippen LogP contribution in [0.4, 0.5) is 0 Å². The third-order valence-electron chi connectivity index (χ3n) is 2.81. The summed E-state index contributed by atoms with van der Waals surface area (Å²) in [6, 6.07) is 0. The molecule has 0 aromatic heterocycles. The van der Waals surface area contributed by atoms with Crippen LogP contribution in [0.2, 0.25) is 0 Å². The fourth-order valence-corrected chi connectivity index (χ4v) is 1.11. The van der Waals surface area contributed by atoms with E-state index in [0.717, 1.165) is 12.1 Å². The van der Waals surface area contributed by atoms with Gasteiger partial charge in [-0.1, -0.05) is 41.0 Å². The average molecular weight is 169 g/mol. The summed E-state index contributed by atoms with van der Waals surface area (Å²) in [6.45, 7) is 11.0. The fourth-order valence-electron chi connectivity index (χ4n) is 1.11. The molecule has 0 bridgehead atoms. The molecule has 0 aliphatic heterocycles. The highest BCUT2D eigenvalue weighted by Gasteiger charge is 2.14. The van der Waals surface area contributed by atoms with Crippen molar-refractivity contribution in [1.29, 1.82) is 5.41 Å². The highest BCUT2D eigenvalue weighted by molar-refractivity contribution is 5.83. The Morgan fingerprint density at radius 1 is 1.17 bits per heavy atom. The zero-order chi connectivity index (χ0) is 9.72. The molecule has 2 unspecified atom stereocenters. The van der Waals surface area contributed by atoms with E-state index in [1.54, 1.807) is 0 Å². The maximum Gasteiger partial charge on any atom is 0.0122 e. The van der Waals surface area contributed by atoms with Gasteiger partial charge in [-0.05, 0) is 24.2 Å². The van der Waals surface area contributed by atoms with Gasteiger partial charge in [0.2, 0.25) is 0 Å². The van der Waals surface area contributed by atoms with Crippen LogP contribution in [0.25, 0.3) is 0 Å². The van der Waals surface area contributed by atoms with E-state index < -0.39 is 0 Å². The number of hydrogen-bond acceptors (Lipinski definition) is 1. The fraction of sp³-hybridized carbons (Fsp3) is 0.909. The Kier molecular flexibility index (Phi) is 5.19. The Morgan fingerprint density at radius 2 is 1.67 bits per heavy atom. The summed E-state index contributed by atoms with van der Waals surface area (Å²) in [5, 5.41) is 7.86. The predicted molar refractivity (Wildman–Crippen MR) is 55.8 cm³/mol. The van der Waals surface area contributed by atoms with Crippen LogP contribution in [0.15, 0.2) is 0 Å². The van der Waals surface area contributed by atoms with E-state index in [4.69, 9.17) is 5.41 Å². The lowest BCUT2D eigenvalue weighted by Crippen LogP contribution is -2.18. The first-order chi connectivity index (χ1) is 5.49. The standard InChI is InChI=1S/C11H23N/c1-6-9(4)7-11(12)10(5)8(2)3/h8-10,12H,6-7H2,1-5H3. The van der Waals surface area contributed by atoms with Gasteiger partial charge in [0, 0.05) is 5.71 Å². The molecule has 72 valence electrons. The van der Waals surface area contributed by atoms with E-state index in [2.05, 4.69) is 34.6 Å². The van der Waals surface area contributed by atoms with Crippen LogP contribution in [0.3, 0.4) is 0 Å². The molecule has 0 saturated heterocycles. The molecule has 0 aliphatic rings. The molecule has 1 nitrogen and oxygen atoms in total. The molecule has 0 fully saturated rings. The van der Waals surface area contributed by atoms with Crippen LogP contribution < -0.4 is 0 Å². The van der Waals surface area contributed by atoms with Gasteiger partial charge >= 0.3 is 0 Å². The summed E-state index contributed by atoms with van der Waals surface area (Å²) < 4.78 is 0. The van der Waals surface area contributed by atoms with Gasteiger partial charge in [0.15, 0.2) is 0 Å². The van der Waals surface area contributed by atoms with Gasteiger partial charge in [-0.15, -0.1) is 0 Å². The van der Waals surface area contributed by atoms with Gasteiger partial charge in [0.1, 0.15) is 0 Å². The van der Waals surface area contributed by atoms with Gasteiger partial charge in [-0.2, -0.15) is 0 Å². The van der Waals surface area contributed by atoms with Crippen molar-refractivity contribution in [3.8, 4) is 0 Å². The number of rotatable bonds is 5. The topological polar surface area (TPSA) is 23.9 Å². The molecule has 0 saturated carbocycles. The Hall–Kier alpha value is -0.330. The van der Waals surface area contributed by atoms with E-state index in [1.165, 1.54) is 6.42 Å². The van der Waals surface area contributed by atoms with Crippen LogP contribution in [0.5, 0.6) is 0 Å². The van der Waals surface area contributed by atoms with Gasteiger partial charge in [-0.3, -0.25) is 0 Å². The highest BCUT2D eigenvalue weighted by Crippen LogP contribution is 2.17. The molecule has 0 amide bonds. The third kappa shape index (κ3) is 3.89. The number of nitrogens with one attached hydrogen (secondary N) is 1. The first-order valence-corrected chi connectivity index (χ1v) is 5.06. The van der Waals surface area contributed by atoms with Crippen molar-refractivity contribution in [2.75, 3.05) is 0 Å². The summed E-state index contributed by atoms with van der Waals surface area (Å²) in [5.74, 6) is 1.75. The lowest BCUT2D eigenvalue weighted by molar-refractivity contribution is 0.499. The summed E-state index contributed by atoms with van der Waals surface area (Å²) >= 11 is 0. The van der Waals surface area contributed by atoms with E-state index in [9.17, 15) is 0 Å². The second-order valence-corrected chi connectivity index (χ2v) is 4.28. The SMILES string of the molecule is CCC(C)CC(=N)C(C)C(C)C. The Labute approximate surface area is 77.1 Å². The molecule has 0 radical (unpaired) electrons. The van der Waals surface area contributed by atoms with Crippen LogP contribution in [0, 0.1) is 23.2 Å². The molecule has 0 spiro atoms. The Balaban J connectivity index is 3.87. The summed E-state index contributed by atoms with van der Waals surface area (Å²) in [4.78, 5) is 0. The predicted octanol–water partition coefficient (Wildman–Crippen LogP) is 3.73. The minimum absolute atomic E-state index is 0.457. The second kappa shape index (κ2) is 5.34. The van der Waals surface area contributed by atoms with Crippen LogP contribution >= 0.6 is 0 Å².